The van der Waals surface area contributed by atoms with E-state index in [1.807, 2.05) is 0 Å². The van der Waals surface area contributed by atoms with Crippen molar-refractivity contribution in [2.45, 2.75) is 6.92 Å². The summed E-state index contributed by atoms with van der Waals surface area (Å²) in [6, 6.07) is 150. The average Bonchev–Trinajstić information content (AvgIpc) is 1.37. The summed E-state index contributed by atoms with van der Waals surface area (Å²) in [4.78, 5) is 0. The predicted molar refractivity (Wildman–Crippen MR) is 478 cm³/mol. The monoisotopic (exact) mass is 1430 g/mol. The number of para-hydroxylation sites is 6. The fourth-order valence-corrected chi connectivity index (χ4v) is 18.2. The molecule has 112 heavy (non-hydrogen) atoms. The highest BCUT2D eigenvalue weighted by molar-refractivity contribution is 6.24. The topological polar surface area (TPSA) is 19.7 Å². The summed E-state index contributed by atoms with van der Waals surface area (Å²) in [7, 11) is 2.19. The number of aromatic nitrogens is 4. The van der Waals surface area contributed by atoms with Crippen molar-refractivity contribution < 1.29 is 0 Å². The minimum Gasteiger partial charge on any atom is -0.330 e. The van der Waals surface area contributed by atoms with Crippen LogP contribution in [0.4, 0.5) is 0 Å². The van der Waals surface area contributed by atoms with Gasteiger partial charge in [0.15, 0.2) is 0 Å². The van der Waals surface area contributed by atoms with Gasteiger partial charge in [0.05, 0.1) is 38.8 Å². The van der Waals surface area contributed by atoms with E-state index in [4.69, 9.17) is 0 Å². The minimum absolute atomic E-state index is 1.17. The minimum atomic E-state index is 1.17. The van der Waals surface area contributed by atoms with Crippen molar-refractivity contribution >= 4 is 130 Å². The highest BCUT2D eigenvalue weighted by Crippen LogP contribution is 2.48. The molecule has 0 radical (unpaired) electrons. The maximum absolute atomic E-state index is 2.39. The number of rotatable bonds is 8. The SMILES string of the molecule is Cc1ccc(-c2c3ccccc3c(-c3ccc(-n4c5ccccc5c5ccccc54)cc3)c3ccccc23)cc1.Cn1c(-c2c3ccccc3cc3ccccc23)ccc1-n1c2ccccc2c2ccccc21.c1ccc(-c2c3ccccc3c(-c3ccc(-n4c5ccccc5c5ccccc54)cc3)c3ccccc23)cc1. The van der Waals surface area contributed by atoms with Crippen LogP contribution in [0.25, 0.3) is 203 Å². The summed E-state index contributed by atoms with van der Waals surface area (Å²) in [5, 5.41) is 23.0. The van der Waals surface area contributed by atoms with Crippen molar-refractivity contribution in [3.63, 3.8) is 0 Å². The lowest BCUT2D eigenvalue weighted by Crippen LogP contribution is -2.03. The molecule has 0 spiro atoms. The molecule has 0 aliphatic carbocycles. The molecule has 4 aromatic heterocycles. The number of fused-ring (bicyclic) bond motifs is 15. The van der Waals surface area contributed by atoms with Crippen LogP contribution in [0.15, 0.2) is 413 Å². The number of aryl methyl sites for hydroxylation is 1. The van der Waals surface area contributed by atoms with Gasteiger partial charge in [-0.25, -0.2) is 0 Å². The molecule has 19 aromatic carbocycles. The fourth-order valence-electron chi connectivity index (χ4n) is 18.2. The summed E-state index contributed by atoms with van der Waals surface area (Å²) >= 11 is 0. The third-order valence-corrected chi connectivity index (χ3v) is 23.2. The quantitative estimate of drug-likeness (QED) is 0.135. The van der Waals surface area contributed by atoms with Gasteiger partial charge in [0.1, 0.15) is 5.82 Å². The largest absolute Gasteiger partial charge is 0.330 e. The molecule has 0 aliphatic rings. The Morgan fingerprint density at radius 2 is 0.420 bits per heavy atom. The van der Waals surface area contributed by atoms with Crippen LogP contribution in [0.3, 0.4) is 0 Å². The molecule has 0 N–H and O–H groups in total. The van der Waals surface area contributed by atoms with Gasteiger partial charge in [-0.1, -0.05) is 339 Å². The van der Waals surface area contributed by atoms with Gasteiger partial charge in [-0.05, 0) is 195 Å². The van der Waals surface area contributed by atoms with E-state index in [-0.39, 0.29) is 0 Å². The molecule has 0 bridgehead atoms. The number of hydrogen-bond acceptors (Lipinski definition) is 0. The first-order chi connectivity index (χ1) is 55.5. The van der Waals surface area contributed by atoms with Crippen molar-refractivity contribution in [1.29, 1.82) is 0 Å². The van der Waals surface area contributed by atoms with Crippen LogP contribution in [0.1, 0.15) is 5.56 Å². The second-order valence-electron chi connectivity index (χ2n) is 29.4. The number of benzene rings is 19. The lowest BCUT2D eigenvalue weighted by Gasteiger charge is -2.18. The van der Waals surface area contributed by atoms with Gasteiger partial charge in [0, 0.05) is 56.3 Å². The molecule has 0 amide bonds. The van der Waals surface area contributed by atoms with E-state index < -0.39 is 0 Å². The first-order valence-corrected chi connectivity index (χ1v) is 38.7. The smallest absolute Gasteiger partial charge is 0.117 e. The molecule has 4 heteroatoms. The molecule has 23 aromatic rings. The summed E-state index contributed by atoms with van der Waals surface area (Å²) in [6.45, 7) is 2.14. The summed E-state index contributed by atoms with van der Waals surface area (Å²) in [5.74, 6) is 1.17. The zero-order valence-corrected chi connectivity index (χ0v) is 62.0. The van der Waals surface area contributed by atoms with Crippen LogP contribution >= 0.6 is 0 Å². The summed E-state index contributed by atoms with van der Waals surface area (Å²) in [6.07, 6.45) is 0. The third kappa shape index (κ3) is 10.8. The zero-order chi connectivity index (χ0) is 74.3. The Balaban J connectivity index is 0.000000107. The van der Waals surface area contributed by atoms with Crippen LogP contribution in [0, 0.1) is 6.92 Å². The Morgan fingerprint density at radius 1 is 0.179 bits per heavy atom. The van der Waals surface area contributed by atoms with Gasteiger partial charge in [-0.2, -0.15) is 0 Å². The van der Waals surface area contributed by atoms with Crippen LogP contribution in [-0.4, -0.2) is 18.3 Å². The molecule has 0 aliphatic heterocycles. The maximum Gasteiger partial charge on any atom is 0.117 e. The number of hydrogen-bond donors (Lipinski definition) is 0. The van der Waals surface area contributed by atoms with E-state index >= 15 is 0 Å². The van der Waals surface area contributed by atoms with Crippen molar-refractivity contribution in [2.24, 2.45) is 7.05 Å². The van der Waals surface area contributed by atoms with Gasteiger partial charge in [0.2, 0.25) is 0 Å². The van der Waals surface area contributed by atoms with Gasteiger partial charge in [-0.15, -0.1) is 0 Å². The van der Waals surface area contributed by atoms with Crippen LogP contribution in [-0.2, 0) is 7.05 Å². The second kappa shape index (κ2) is 27.3. The van der Waals surface area contributed by atoms with E-state index in [0.717, 1.165) is 0 Å². The van der Waals surface area contributed by atoms with Crippen molar-refractivity contribution in [1.82, 2.24) is 18.3 Å². The van der Waals surface area contributed by atoms with Gasteiger partial charge in [-0.3, -0.25) is 4.57 Å². The van der Waals surface area contributed by atoms with Gasteiger partial charge < -0.3 is 13.7 Å². The fraction of sp³-hybridized carbons (Fsp3) is 0.0185. The molecule has 4 heterocycles. The Labute approximate surface area is 649 Å². The Bertz CT molecular complexity index is 7290. The lowest BCUT2D eigenvalue weighted by atomic mass is 9.86. The van der Waals surface area contributed by atoms with E-state index in [1.54, 1.807) is 0 Å². The van der Waals surface area contributed by atoms with E-state index in [2.05, 4.69) is 445 Å². The summed E-state index contributed by atoms with van der Waals surface area (Å²) in [5.41, 5.74) is 23.7. The standard InChI is InChI=1S/C39H27N.C38H25N.C31H22N2/c1-26-18-20-27(21-19-26)38-32-12-2-4-14-34(32)39(35-15-5-3-13-33(35)38)28-22-24-29(25-23-28)40-36-16-8-6-10-30(36)31-11-7-9-17-37(31)40;1-2-12-26(13-3-1)37-31-16-4-6-18-33(31)38(34-19-7-5-17-32(34)37)27-22-24-28(25-23-27)39-35-20-10-8-14-29(35)30-15-9-11-21-36(30)39;1-32-29(31-23-12-4-2-10-21(23)20-22-11-3-5-13-24(22)31)18-19-30(32)33-27-16-8-6-14-25(27)26-15-7-9-17-28(26)33/h2-25H,1H3;1-25H;2-20H,1H3. The Kier molecular flexibility index (Phi) is 16.0. The molecule has 4 nitrogen and oxygen atoms in total. The Hall–Kier alpha value is -14.6. The lowest BCUT2D eigenvalue weighted by molar-refractivity contribution is 0.879. The Morgan fingerprint density at radius 3 is 0.732 bits per heavy atom. The van der Waals surface area contributed by atoms with Gasteiger partial charge in [0.25, 0.3) is 0 Å². The predicted octanol–water partition coefficient (Wildman–Crippen LogP) is 29.3. The first kappa shape index (κ1) is 65.7. The van der Waals surface area contributed by atoms with Gasteiger partial charge >= 0.3 is 0 Å². The third-order valence-electron chi connectivity index (χ3n) is 23.2. The first-order valence-electron chi connectivity index (χ1n) is 38.7. The average molecular weight is 1430 g/mol. The molecule has 0 fully saturated rings. The maximum atomic E-state index is 2.39. The van der Waals surface area contributed by atoms with Crippen molar-refractivity contribution in [3.05, 3.63) is 418 Å². The molecular weight excluding hydrogens is 1350 g/mol. The zero-order valence-electron chi connectivity index (χ0n) is 62.0. The normalized spacial score (nSPS) is 11.7. The van der Waals surface area contributed by atoms with Crippen LogP contribution in [0.5, 0.6) is 0 Å². The molecule has 0 unspecified atom stereocenters. The van der Waals surface area contributed by atoms with E-state index in [1.165, 1.54) is 209 Å². The highest BCUT2D eigenvalue weighted by atomic mass is 15.1. The van der Waals surface area contributed by atoms with E-state index in [9.17, 15) is 0 Å². The van der Waals surface area contributed by atoms with Crippen molar-refractivity contribution in [3.8, 4) is 73.0 Å². The molecule has 526 valence electrons. The molecule has 0 saturated carbocycles. The highest BCUT2D eigenvalue weighted by Gasteiger charge is 2.23. The molecule has 0 saturated heterocycles. The van der Waals surface area contributed by atoms with Crippen LogP contribution < -0.4 is 0 Å². The molecular formula is C108H74N4. The summed E-state index contributed by atoms with van der Waals surface area (Å²) < 4.78 is 9.49. The molecule has 0 atom stereocenters. The molecule has 23 rings (SSSR count). The van der Waals surface area contributed by atoms with Crippen LogP contribution in [0.2, 0.25) is 0 Å². The van der Waals surface area contributed by atoms with E-state index in [0.29, 0.717) is 0 Å². The second-order valence-corrected chi connectivity index (χ2v) is 29.4. The van der Waals surface area contributed by atoms with Crippen molar-refractivity contribution in [2.75, 3.05) is 0 Å². The number of nitrogens with zero attached hydrogens (tertiary/aromatic N) is 4.